The van der Waals surface area contributed by atoms with Gasteiger partial charge in [0.2, 0.25) is 0 Å². The largest absolute Gasteiger partial charge is 0.479 e. The van der Waals surface area contributed by atoms with Gasteiger partial charge >= 0.3 is 5.97 Å². The highest BCUT2D eigenvalue weighted by molar-refractivity contribution is 6.05. The molecule has 2 aromatic carbocycles. The Morgan fingerprint density at radius 3 is 2.33 bits per heavy atom. The van der Waals surface area contributed by atoms with Crippen molar-refractivity contribution in [2.45, 2.75) is 59.4 Å². The van der Waals surface area contributed by atoms with Gasteiger partial charge in [-0.3, -0.25) is 4.68 Å². The third kappa shape index (κ3) is 5.18. The zero-order valence-electron chi connectivity index (χ0n) is 23.9. The summed E-state index contributed by atoms with van der Waals surface area (Å²) >= 11 is 0. The molecule has 0 amide bonds. The van der Waals surface area contributed by atoms with Crippen molar-refractivity contribution in [3.05, 3.63) is 65.4 Å². The number of aliphatic carboxylic acids is 1. The first-order chi connectivity index (χ1) is 18.3. The molecule has 0 fully saturated rings. The monoisotopic (exact) mass is 535 g/mol. The van der Waals surface area contributed by atoms with Crippen molar-refractivity contribution in [2.24, 2.45) is 0 Å². The molecule has 9 heteroatoms. The number of aromatic nitrogens is 3. The summed E-state index contributed by atoms with van der Waals surface area (Å²) in [6, 6.07) is 9.89. The number of hydrogen-bond donors (Lipinski definition) is 3. The van der Waals surface area contributed by atoms with Crippen LogP contribution in [-0.4, -0.2) is 45.4 Å². The molecule has 2 aromatic heterocycles. The first-order valence-electron chi connectivity index (χ1n) is 12.9. The van der Waals surface area contributed by atoms with Gasteiger partial charge in [0, 0.05) is 64.1 Å². The molecule has 39 heavy (non-hydrogen) atoms. The molecule has 8 nitrogen and oxygen atoms in total. The number of nitrogens with one attached hydrogen (secondary N) is 1. The van der Waals surface area contributed by atoms with Crippen LogP contribution < -0.4 is 5.73 Å². The van der Waals surface area contributed by atoms with Gasteiger partial charge in [0.05, 0.1) is 17.8 Å². The van der Waals surface area contributed by atoms with Crippen molar-refractivity contribution in [1.82, 2.24) is 14.3 Å². The number of nitrogens with zero attached hydrogens (tertiary/aromatic N) is 3. The Balaban J connectivity index is 0.00000205. The molecule has 0 radical (unpaired) electrons. The van der Waals surface area contributed by atoms with E-state index in [-0.39, 0.29) is 5.82 Å². The second-order valence-corrected chi connectivity index (χ2v) is 10.4. The number of aryl methyl sites for hydroxylation is 1. The minimum Gasteiger partial charge on any atom is -0.479 e. The number of nitrogen functional groups attached to an aromatic ring is 1. The van der Waals surface area contributed by atoms with Crippen molar-refractivity contribution in [1.29, 1.82) is 5.41 Å². The molecule has 4 aromatic rings. The lowest BCUT2D eigenvalue weighted by Crippen LogP contribution is -2.36. The van der Waals surface area contributed by atoms with E-state index in [1.54, 1.807) is 39.3 Å². The topological polar surface area (TPSA) is 119 Å². The fourth-order valence-corrected chi connectivity index (χ4v) is 4.78. The zero-order chi connectivity index (χ0) is 29.3. The number of methoxy groups -OCH3 is 1. The van der Waals surface area contributed by atoms with Crippen molar-refractivity contribution < 1.29 is 19.0 Å². The SMILES string of the molecule is CC.COCC(C)(C)c1c(-c2cn(C(C)(C)C(=O)O)nc2C)c2cc(N)c(C=N)cc2n1-c1ccc(F)cc1. The van der Waals surface area contributed by atoms with Crippen molar-refractivity contribution in [2.75, 3.05) is 19.5 Å². The van der Waals surface area contributed by atoms with Gasteiger partial charge in [-0.05, 0) is 57.2 Å². The lowest BCUT2D eigenvalue weighted by Gasteiger charge is -2.28. The molecule has 2 heterocycles. The van der Waals surface area contributed by atoms with Gasteiger partial charge in [-0.2, -0.15) is 5.10 Å². The first kappa shape index (κ1) is 29.6. The second-order valence-electron chi connectivity index (χ2n) is 10.4. The molecular formula is C30H38FN5O3. The summed E-state index contributed by atoms with van der Waals surface area (Å²) in [6.45, 7) is 13.5. The number of carboxylic acid groups (broad SMARTS) is 1. The van der Waals surface area contributed by atoms with E-state index in [9.17, 15) is 14.3 Å². The predicted octanol–water partition coefficient (Wildman–Crippen LogP) is 6.29. The highest BCUT2D eigenvalue weighted by Gasteiger charge is 2.36. The summed E-state index contributed by atoms with van der Waals surface area (Å²) in [4.78, 5) is 12.0. The standard InChI is InChI=1S/C28H32FN5O3.C2H6/c1-16-21(14-33(32-16)28(4,5)26(35)36)24-20-12-22(31)17(13-30)11-23(20)34(19-9-7-18(29)8-10-19)25(24)27(2,3)15-37-6;1-2/h7-14,30H,15,31H2,1-6H3,(H,35,36);1-2H3. The lowest BCUT2D eigenvalue weighted by molar-refractivity contribution is -0.146. The molecule has 0 spiro atoms. The van der Waals surface area contributed by atoms with Gasteiger partial charge in [-0.25, -0.2) is 9.18 Å². The zero-order valence-corrected chi connectivity index (χ0v) is 23.9. The number of halogens is 1. The van der Waals surface area contributed by atoms with E-state index in [1.165, 1.54) is 23.0 Å². The fraction of sp³-hybridized carbons (Fsp3) is 0.367. The normalized spacial score (nSPS) is 11.8. The summed E-state index contributed by atoms with van der Waals surface area (Å²) < 4.78 is 23.0. The van der Waals surface area contributed by atoms with Gasteiger partial charge in [-0.1, -0.05) is 27.7 Å². The minimum atomic E-state index is -1.27. The molecule has 0 atom stereocenters. The second kappa shape index (κ2) is 11.0. The van der Waals surface area contributed by atoms with Gasteiger partial charge in [0.25, 0.3) is 0 Å². The van der Waals surface area contributed by atoms with Crippen LogP contribution in [-0.2, 0) is 20.5 Å². The summed E-state index contributed by atoms with van der Waals surface area (Å²) in [5.74, 6) is -1.36. The van der Waals surface area contributed by atoms with Crippen LogP contribution in [0, 0.1) is 18.2 Å². The van der Waals surface area contributed by atoms with Crippen LogP contribution in [0.15, 0.2) is 42.6 Å². The Morgan fingerprint density at radius 1 is 1.18 bits per heavy atom. The summed E-state index contributed by atoms with van der Waals surface area (Å²) in [5.41, 5.74) is 10.1. The Labute approximate surface area is 228 Å². The summed E-state index contributed by atoms with van der Waals surface area (Å²) in [7, 11) is 1.64. The maximum atomic E-state index is 13.9. The maximum absolute atomic E-state index is 13.9. The van der Waals surface area contributed by atoms with Gasteiger partial charge in [-0.15, -0.1) is 0 Å². The number of carboxylic acids is 1. The summed E-state index contributed by atoms with van der Waals surface area (Å²) in [5, 5.41) is 23.1. The molecule has 0 bridgehead atoms. The van der Waals surface area contributed by atoms with Crippen molar-refractivity contribution >= 4 is 28.8 Å². The highest BCUT2D eigenvalue weighted by atomic mass is 19.1. The molecule has 0 saturated carbocycles. The van der Waals surface area contributed by atoms with E-state index in [1.807, 2.05) is 37.5 Å². The minimum absolute atomic E-state index is 0.351. The van der Waals surface area contributed by atoms with Crippen LogP contribution >= 0.6 is 0 Å². The maximum Gasteiger partial charge on any atom is 0.331 e. The molecule has 0 aliphatic heterocycles. The average molecular weight is 536 g/mol. The van der Waals surface area contributed by atoms with Gasteiger partial charge in [0.15, 0.2) is 5.54 Å². The molecular weight excluding hydrogens is 497 g/mol. The van der Waals surface area contributed by atoms with E-state index < -0.39 is 16.9 Å². The van der Waals surface area contributed by atoms with E-state index in [2.05, 4.69) is 18.9 Å². The molecule has 0 aliphatic rings. The molecule has 4 rings (SSSR count). The molecule has 0 aliphatic carbocycles. The van der Waals surface area contributed by atoms with E-state index in [4.69, 9.17) is 15.9 Å². The third-order valence-electron chi connectivity index (χ3n) is 6.82. The van der Waals surface area contributed by atoms with Gasteiger partial charge < -0.3 is 25.6 Å². The quantitative estimate of drug-likeness (QED) is 0.181. The van der Waals surface area contributed by atoms with Crippen LogP contribution in [0.3, 0.4) is 0 Å². The number of ether oxygens (including phenoxy) is 1. The van der Waals surface area contributed by atoms with Crippen LogP contribution in [0.2, 0.25) is 0 Å². The third-order valence-corrected chi connectivity index (χ3v) is 6.82. The fourth-order valence-electron chi connectivity index (χ4n) is 4.78. The molecule has 0 saturated heterocycles. The summed E-state index contributed by atoms with van der Waals surface area (Å²) in [6.07, 6.45) is 2.95. The first-order valence-corrected chi connectivity index (χ1v) is 12.9. The highest BCUT2D eigenvalue weighted by Crippen LogP contribution is 2.45. The van der Waals surface area contributed by atoms with Crippen molar-refractivity contribution in [3.63, 3.8) is 0 Å². The number of anilines is 1. The average Bonchev–Trinajstić information content (AvgIpc) is 3.43. The van der Waals surface area contributed by atoms with Crippen molar-refractivity contribution in [3.8, 4) is 16.8 Å². The van der Waals surface area contributed by atoms with Crippen LogP contribution in [0.1, 0.15) is 58.5 Å². The number of hydrogen-bond acceptors (Lipinski definition) is 5. The Morgan fingerprint density at radius 2 is 1.79 bits per heavy atom. The number of benzene rings is 2. The molecule has 4 N–H and O–H groups in total. The number of carbonyl (C=O) groups is 1. The Bertz CT molecular complexity index is 1510. The van der Waals surface area contributed by atoms with E-state index >= 15 is 0 Å². The predicted molar refractivity (Wildman–Crippen MR) is 155 cm³/mol. The molecule has 0 unspecified atom stereocenters. The van der Waals surface area contributed by atoms with E-state index in [0.29, 0.717) is 23.6 Å². The van der Waals surface area contributed by atoms with Crippen LogP contribution in [0.5, 0.6) is 0 Å². The smallest absolute Gasteiger partial charge is 0.331 e. The molecule has 208 valence electrons. The number of rotatable bonds is 8. The van der Waals surface area contributed by atoms with Crippen LogP contribution in [0.25, 0.3) is 27.7 Å². The Kier molecular flexibility index (Phi) is 8.36. The Hall–Kier alpha value is -3.98. The van der Waals surface area contributed by atoms with E-state index in [0.717, 1.165) is 33.4 Å². The number of nitrogens with two attached hydrogens (primary N) is 1. The lowest BCUT2D eigenvalue weighted by atomic mass is 9.84. The number of fused-ring (bicyclic) bond motifs is 1. The van der Waals surface area contributed by atoms with Crippen LogP contribution in [0.4, 0.5) is 10.1 Å². The van der Waals surface area contributed by atoms with Gasteiger partial charge in [0.1, 0.15) is 5.82 Å².